The number of fused-ring (bicyclic) bond motifs is 1. The maximum Gasteiger partial charge on any atom is 0.258 e. The van der Waals surface area contributed by atoms with Crippen molar-refractivity contribution in [1.82, 2.24) is 9.38 Å². The van der Waals surface area contributed by atoms with Crippen molar-refractivity contribution in [2.45, 2.75) is 13.5 Å². The molecule has 0 N–H and O–H groups in total. The van der Waals surface area contributed by atoms with Gasteiger partial charge < -0.3 is 4.74 Å². The summed E-state index contributed by atoms with van der Waals surface area (Å²) in [6, 6.07) is 14.8. The summed E-state index contributed by atoms with van der Waals surface area (Å²) in [5.41, 5.74) is 2.24. The molecule has 100 valence electrons. The van der Waals surface area contributed by atoms with E-state index in [1.54, 1.807) is 6.20 Å². The van der Waals surface area contributed by atoms with Crippen molar-refractivity contribution < 1.29 is 4.74 Å². The summed E-state index contributed by atoms with van der Waals surface area (Å²) < 4.78 is 7.14. The highest BCUT2D eigenvalue weighted by Crippen LogP contribution is 2.10. The fourth-order valence-corrected chi connectivity index (χ4v) is 2.00. The van der Waals surface area contributed by atoms with Crippen LogP contribution in [0.3, 0.4) is 0 Å². The minimum Gasteiger partial charge on any atom is -0.487 e. The summed E-state index contributed by atoms with van der Waals surface area (Å²) in [6.07, 6.45) is 1.74. The first-order valence-corrected chi connectivity index (χ1v) is 6.39. The van der Waals surface area contributed by atoms with E-state index in [2.05, 4.69) is 4.98 Å². The second-order valence-corrected chi connectivity index (χ2v) is 4.62. The van der Waals surface area contributed by atoms with Crippen molar-refractivity contribution in [3.05, 3.63) is 76.3 Å². The predicted octanol–water partition coefficient (Wildman–Crippen LogP) is 2.58. The maximum absolute atomic E-state index is 12.0. The Morgan fingerprint density at radius 1 is 1.15 bits per heavy atom. The molecule has 0 aliphatic carbocycles. The molecule has 0 aliphatic rings. The van der Waals surface area contributed by atoms with Crippen LogP contribution < -0.4 is 10.3 Å². The fraction of sp³-hybridized carbons (Fsp3) is 0.125. The van der Waals surface area contributed by atoms with Crippen LogP contribution in [-0.4, -0.2) is 9.38 Å². The molecule has 0 saturated carbocycles. The number of para-hydroxylation sites is 1. The number of rotatable bonds is 3. The Hall–Kier alpha value is -2.62. The van der Waals surface area contributed by atoms with Crippen molar-refractivity contribution in [2.75, 3.05) is 0 Å². The molecular weight excluding hydrogens is 252 g/mol. The number of hydrogen-bond acceptors (Lipinski definition) is 3. The Morgan fingerprint density at radius 3 is 2.75 bits per heavy atom. The number of ether oxygens (including phenoxy) is 1. The minimum atomic E-state index is -0.0957. The number of aromatic nitrogens is 2. The highest BCUT2D eigenvalue weighted by atomic mass is 16.5. The van der Waals surface area contributed by atoms with E-state index >= 15 is 0 Å². The van der Waals surface area contributed by atoms with E-state index < -0.39 is 0 Å². The Bertz CT molecular complexity index is 794. The van der Waals surface area contributed by atoms with Crippen molar-refractivity contribution in [2.24, 2.45) is 0 Å². The van der Waals surface area contributed by atoms with Crippen LogP contribution >= 0.6 is 0 Å². The van der Waals surface area contributed by atoms with Gasteiger partial charge in [-0.3, -0.25) is 9.20 Å². The number of aryl methyl sites for hydroxylation is 1. The Balaban J connectivity index is 1.90. The van der Waals surface area contributed by atoms with E-state index in [1.807, 2.05) is 49.4 Å². The van der Waals surface area contributed by atoms with Crippen molar-refractivity contribution in [3.63, 3.8) is 0 Å². The third kappa shape index (κ3) is 2.54. The Labute approximate surface area is 116 Å². The van der Waals surface area contributed by atoms with Crippen LogP contribution in [0.15, 0.2) is 59.5 Å². The van der Waals surface area contributed by atoms with E-state index in [1.165, 1.54) is 10.5 Å². The lowest BCUT2D eigenvalue weighted by molar-refractivity contribution is 0.301. The summed E-state index contributed by atoms with van der Waals surface area (Å²) >= 11 is 0. The zero-order chi connectivity index (χ0) is 13.9. The molecule has 3 aromatic rings. The number of pyridine rings is 1. The smallest absolute Gasteiger partial charge is 0.258 e. The van der Waals surface area contributed by atoms with E-state index in [9.17, 15) is 4.79 Å². The SMILES string of the molecule is Cc1ccn2c(=O)cc(COc3ccccc3)nc2c1. The van der Waals surface area contributed by atoms with Crippen LogP contribution in [0.5, 0.6) is 5.75 Å². The first-order chi connectivity index (χ1) is 9.72. The quantitative estimate of drug-likeness (QED) is 0.732. The molecule has 4 heteroatoms. The van der Waals surface area contributed by atoms with Gasteiger partial charge in [0.15, 0.2) is 0 Å². The van der Waals surface area contributed by atoms with Crippen LogP contribution in [0.1, 0.15) is 11.3 Å². The second-order valence-electron chi connectivity index (χ2n) is 4.62. The zero-order valence-corrected chi connectivity index (χ0v) is 11.1. The normalized spacial score (nSPS) is 10.7. The van der Waals surface area contributed by atoms with Crippen LogP contribution in [0.2, 0.25) is 0 Å². The molecule has 20 heavy (non-hydrogen) atoms. The average Bonchev–Trinajstić information content (AvgIpc) is 2.46. The van der Waals surface area contributed by atoms with Gasteiger partial charge in [-0.25, -0.2) is 4.98 Å². The number of nitrogens with zero attached hydrogens (tertiary/aromatic N) is 2. The zero-order valence-electron chi connectivity index (χ0n) is 11.1. The number of hydrogen-bond donors (Lipinski definition) is 0. The van der Waals surface area contributed by atoms with Gasteiger partial charge in [0.1, 0.15) is 18.0 Å². The monoisotopic (exact) mass is 266 g/mol. The lowest BCUT2D eigenvalue weighted by atomic mass is 10.3. The van der Waals surface area contributed by atoms with Crippen LogP contribution in [0.4, 0.5) is 0 Å². The molecule has 0 spiro atoms. The average molecular weight is 266 g/mol. The minimum absolute atomic E-state index is 0.0957. The summed E-state index contributed by atoms with van der Waals surface area (Å²) in [5.74, 6) is 0.763. The van der Waals surface area contributed by atoms with Crippen molar-refractivity contribution >= 4 is 5.65 Å². The second kappa shape index (κ2) is 5.17. The number of benzene rings is 1. The predicted molar refractivity (Wildman–Crippen MR) is 77.0 cm³/mol. The lowest BCUT2D eigenvalue weighted by Gasteiger charge is -2.07. The summed E-state index contributed by atoms with van der Waals surface area (Å²) in [7, 11) is 0. The molecule has 0 atom stereocenters. The van der Waals surface area contributed by atoms with Gasteiger partial charge in [-0.2, -0.15) is 0 Å². The first-order valence-electron chi connectivity index (χ1n) is 6.39. The third-order valence-corrected chi connectivity index (χ3v) is 3.01. The lowest BCUT2D eigenvalue weighted by Crippen LogP contribution is -2.16. The molecule has 2 aromatic heterocycles. The van der Waals surface area contributed by atoms with Crippen LogP contribution in [0.25, 0.3) is 5.65 Å². The molecule has 0 aliphatic heterocycles. The van der Waals surface area contributed by atoms with Gasteiger partial charge in [0.25, 0.3) is 5.56 Å². The van der Waals surface area contributed by atoms with E-state index in [0.717, 1.165) is 11.3 Å². The summed E-state index contributed by atoms with van der Waals surface area (Å²) in [4.78, 5) is 16.4. The van der Waals surface area contributed by atoms with Gasteiger partial charge in [0, 0.05) is 12.3 Å². The topological polar surface area (TPSA) is 43.6 Å². The van der Waals surface area contributed by atoms with E-state index in [4.69, 9.17) is 4.74 Å². The van der Waals surface area contributed by atoms with Crippen LogP contribution in [0, 0.1) is 6.92 Å². The van der Waals surface area contributed by atoms with Gasteiger partial charge in [-0.05, 0) is 36.8 Å². The Morgan fingerprint density at radius 2 is 1.95 bits per heavy atom. The van der Waals surface area contributed by atoms with Crippen molar-refractivity contribution in [1.29, 1.82) is 0 Å². The molecule has 0 unspecified atom stereocenters. The van der Waals surface area contributed by atoms with Crippen LogP contribution in [-0.2, 0) is 6.61 Å². The summed E-state index contributed by atoms with van der Waals surface area (Å²) in [6.45, 7) is 2.25. The highest BCUT2D eigenvalue weighted by molar-refractivity contribution is 5.41. The van der Waals surface area contributed by atoms with Crippen molar-refractivity contribution in [3.8, 4) is 5.75 Å². The van der Waals surface area contributed by atoms with Gasteiger partial charge in [-0.1, -0.05) is 18.2 Å². The van der Waals surface area contributed by atoms with E-state index in [-0.39, 0.29) is 12.2 Å². The molecule has 4 nitrogen and oxygen atoms in total. The molecular formula is C16H14N2O2. The van der Waals surface area contributed by atoms with Gasteiger partial charge in [0.05, 0.1) is 5.69 Å². The molecule has 0 bridgehead atoms. The highest BCUT2D eigenvalue weighted by Gasteiger charge is 2.03. The van der Waals surface area contributed by atoms with Gasteiger partial charge >= 0.3 is 0 Å². The third-order valence-electron chi connectivity index (χ3n) is 3.01. The molecule has 0 amide bonds. The van der Waals surface area contributed by atoms with E-state index in [0.29, 0.717) is 11.3 Å². The standard InChI is InChI=1S/C16H14N2O2/c1-12-7-8-18-15(9-12)17-13(10-16(18)19)11-20-14-5-3-2-4-6-14/h2-10H,11H2,1H3. The molecule has 2 heterocycles. The first kappa shape index (κ1) is 12.4. The summed E-state index contributed by atoms with van der Waals surface area (Å²) in [5, 5.41) is 0. The Kier molecular flexibility index (Phi) is 3.21. The molecule has 1 aromatic carbocycles. The largest absolute Gasteiger partial charge is 0.487 e. The van der Waals surface area contributed by atoms with Gasteiger partial charge in [0.2, 0.25) is 0 Å². The maximum atomic E-state index is 12.0. The molecule has 0 saturated heterocycles. The molecule has 3 rings (SSSR count). The fourth-order valence-electron chi connectivity index (χ4n) is 2.00. The van der Waals surface area contributed by atoms with Gasteiger partial charge in [-0.15, -0.1) is 0 Å². The molecule has 0 radical (unpaired) electrons. The molecule has 0 fully saturated rings.